The smallest absolute Gasteiger partial charge is 0.166 e. The molecule has 0 atom stereocenters. The highest BCUT2D eigenvalue weighted by molar-refractivity contribution is 5.95. The molecular weight excluding hydrogens is 178 g/mol. The number of para-hydroxylation sites is 1. The third-order valence-electron chi connectivity index (χ3n) is 2.43. The molecule has 0 unspecified atom stereocenters. The summed E-state index contributed by atoms with van der Waals surface area (Å²) in [6.45, 7) is 1.92. The number of rotatable bonds is 2. The lowest BCUT2D eigenvalue weighted by molar-refractivity contribution is 0.111. The van der Waals surface area contributed by atoms with Crippen molar-refractivity contribution in [2.45, 2.75) is 6.92 Å². The van der Waals surface area contributed by atoms with Crippen LogP contribution in [0.5, 0.6) is 5.75 Å². The molecule has 3 nitrogen and oxygen atoms in total. The molecule has 1 aromatic carbocycles. The molecule has 0 bridgehead atoms. The lowest BCUT2D eigenvalue weighted by Gasteiger charge is -2.00. The van der Waals surface area contributed by atoms with Gasteiger partial charge in [0.2, 0.25) is 0 Å². The van der Waals surface area contributed by atoms with Crippen molar-refractivity contribution < 1.29 is 9.53 Å². The van der Waals surface area contributed by atoms with E-state index in [1.165, 1.54) is 0 Å². The van der Waals surface area contributed by atoms with Crippen molar-refractivity contribution >= 4 is 17.2 Å². The van der Waals surface area contributed by atoms with E-state index in [1.54, 1.807) is 7.11 Å². The fourth-order valence-electron chi connectivity index (χ4n) is 1.63. The van der Waals surface area contributed by atoms with Crippen molar-refractivity contribution in [1.29, 1.82) is 0 Å². The first-order chi connectivity index (χ1) is 6.77. The molecule has 0 saturated heterocycles. The van der Waals surface area contributed by atoms with E-state index in [2.05, 4.69) is 4.98 Å². The average molecular weight is 189 g/mol. The summed E-state index contributed by atoms with van der Waals surface area (Å²) in [4.78, 5) is 13.8. The lowest BCUT2D eigenvalue weighted by atomic mass is 10.1. The number of aldehydes is 1. The van der Waals surface area contributed by atoms with Crippen LogP contribution < -0.4 is 4.74 Å². The van der Waals surface area contributed by atoms with Crippen molar-refractivity contribution in [3.05, 3.63) is 29.5 Å². The Morgan fingerprint density at radius 3 is 2.86 bits per heavy atom. The molecule has 1 aromatic heterocycles. The van der Waals surface area contributed by atoms with Gasteiger partial charge in [-0.3, -0.25) is 4.79 Å². The normalized spacial score (nSPS) is 10.4. The van der Waals surface area contributed by atoms with E-state index in [4.69, 9.17) is 4.74 Å². The van der Waals surface area contributed by atoms with Gasteiger partial charge in [0, 0.05) is 5.39 Å². The minimum atomic E-state index is 0.615. The highest BCUT2D eigenvalue weighted by atomic mass is 16.5. The molecule has 0 spiro atoms. The minimum Gasteiger partial charge on any atom is -0.495 e. The van der Waals surface area contributed by atoms with Crippen LogP contribution in [0, 0.1) is 6.92 Å². The number of aromatic nitrogens is 1. The molecule has 72 valence electrons. The van der Waals surface area contributed by atoms with E-state index in [0.717, 1.165) is 28.5 Å². The summed E-state index contributed by atoms with van der Waals surface area (Å²) in [5.41, 5.74) is 2.47. The van der Waals surface area contributed by atoms with Crippen LogP contribution in [-0.2, 0) is 0 Å². The quantitative estimate of drug-likeness (QED) is 0.736. The molecular formula is C11H11NO2. The fourth-order valence-corrected chi connectivity index (χ4v) is 1.63. The van der Waals surface area contributed by atoms with E-state index >= 15 is 0 Å². The van der Waals surface area contributed by atoms with Gasteiger partial charge in [-0.05, 0) is 18.6 Å². The highest BCUT2D eigenvalue weighted by Crippen LogP contribution is 2.28. The Morgan fingerprint density at radius 2 is 2.21 bits per heavy atom. The summed E-state index contributed by atoms with van der Waals surface area (Å²) in [7, 11) is 1.62. The van der Waals surface area contributed by atoms with Gasteiger partial charge in [0.05, 0.1) is 18.3 Å². The summed E-state index contributed by atoms with van der Waals surface area (Å²) in [5, 5.41) is 1.03. The van der Waals surface area contributed by atoms with E-state index in [9.17, 15) is 4.79 Å². The number of ether oxygens (including phenoxy) is 1. The van der Waals surface area contributed by atoms with Crippen molar-refractivity contribution in [3.8, 4) is 5.75 Å². The van der Waals surface area contributed by atoms with Crippen LogP contribution in [0.3, 0.4) is 0 Å². The second kappa shape index (κ2) is 3.18. The first-order valence-corrected chi connectivity index (χ1v) is 4.38. The molecule has 0 aliphatic carbocycles. The van der Waals surface area contributed by atoms with E-state index < -0.39 is 0 Å². The first-order valence-electron chi connectivity index (χ1n) is 4.38. The number of methoxy groups -OCH3 is 1. The van der Waals surface area contributed by atoms with Gasteiger partial charge in [-0.15, -0.1) is 0 Å². The topological polar surface area (TPSA) is 42.1 Å². The molecule has 14 heavy (non-hydrogen) atoms. The summed E-state index contributed by atoms with van der Waals surface area (Å²) < 4.78 is 5.19. The lowest BCUT2D eigenvalue weighted by Crippen LogP contribution is -1.83. The maximum Gasteiger partial charge on any atom is 0.166 e. The second-order valence-electron chi connectivity index (χ2n) is 3.16. The van der Waals surface area contributed by atoms with E-state index in [-0.39, 0.29) is 0 Å². The zero-order chi connectivity index (χ0) is 10.1. The predicted molar refractivity (Wildman–Crippen MR) is 55.0 cm³/mol. The minimum absolute atomic E-state index is 0.615. The second-order valence-corrected chi connectivity index (χ2v) is 3.16. The first kappa shape index (κ1) is 8.81. The standard InChI is InChI=1S/C11H11NO2/c1-7-8-4-3-5-10(14-2)11(8)12-9(7)6-13/h3-6,12H,1-2H3. The van der Waals surface area contributed by atoms with Crippen LogP contribution in [0.4, 0.5) is 0 Å². The number of aromatic amines is 1. The summed E-state index contributed by atoms with van der Waals surface area (Å²) >= 11 is 0. The molecule has 0 aliphatic heterocycles. The number of carbonyl (C=O) groups is 1. The monoisotopic (exact) mass is 189 g/mol. The number of aryl methyl sites for hydroxylation is 1. The number of fused-ring (bicyclic) bond motifs is 1. The molecule has 0 radical (unpaired) electrons. The third kappa shape index (κ3) is 1.09. The number of hydrogen-bond donors (Lipinski definition) is 1. The number of H-pyrrole nitrogens is 1. The number of carbonyl (C=O) groups excluding carboxylic acids is 1. The van der Waals surface area contributed by atoms with Crippen molar-refractivity contribution in [2.24, 2.45) is 0 Å². The van der Waals surface area contributed by atoms with Crippen molar-refractivity contribution in [1.82, 2.24) is 4.98 Å². The Hall–Kier alpha value is -1.77. The van der Waals surface area contributed by atoms with Gasteiger partial charge in [-0.2, -0.15) is 0 Å². The van der Waals surface area contributed by atoms with Gasteiger partial charge in [-0.1, -0.05) is 12.1 Å². The fraction of sp³-hybridized carbons (Fsp3) is 0.182. The Kier molecular flexibility index (Phi) is 2.00. The molecule has 1 N–H and O–H groups in total. The largest absolute Gasteiger partial charge is 0.495 e. The Morgan fingerprint density at radius 1 is 1.43 bits per heavy atom. The highest BCUT2D eigenvalue weighted by Gasteiger charge is 2.09. The molecule has 0 aliphatic rings. The number of benzene rings is 1. The van der Waals surface area contributed by atoms with Crippen LogP contribution in [0.1, 0.15) is 16.1 Å². The molecule has 2 rings (SSSR count). The van der Waals surface area contributed by atoms with Crippen LogP contribution in [0.15, 0.2) is 18.2 Å². The molecule has 2 aromatic rings. The summed E-state index contributed by atoms with van der Waals surface area (Å²) in [6.07, 6.45) is 0.828. The van der Waals surface area contributed by atoms with Gasteiger partial charge in [0.25, 0.3) is 0 Å². The Labute approximate surface area is 81.7 Å². The molecule has 3 heteroatoms. The average Bonchev–Trinajstić information content (AvgIpc) is 2.55. The van der Waals surface area contributed by atoms with Gasteiger partial charge < -0.3 is 9.72 Å². The maximum absolute atomic E-state index is 10.7. The number of hydrogen-bond acceptors (Lipinski definition) is 2. The van der Waals surface area contributed by atoms with Crippen LogP contribution in [0.2, 0.25) is 0 Å². The van der Waals surface area contributed by atoms with Gasteiger partial charge in [0.1, 0.15) is 5.75 Å². The van der Waals surface area contributed by atoms with E-state index in [1.807, 2.05) is 25.1 Å². The molecule has 0 amide bonds. The van der Waals surface area contributed by atoms with E-state index in [0.29, 0.717) is 5.69 Å². The van der Waals surface area contributed by atoms with Crippen molar-refractivity contribution in [2.75, 3.05) is 7.11 Å². The number of nitrogens with one attached hydrogen (secondary N) is 1. The maximum atomic E-state index is 10.7. The molecule has 1 heterocycles. The van der Waals surface area contributed by atoms with Gasteiger partial charge >= 0.3 is 0 Å². The van der Waals surface area contributed by atoms with Gasteiger partial charge in [-0.25, -0.2) is 0 Å². The van der Waals surface area contributed by atoms with Crippen LogP contribution in [-0.4, -0.2) is 18.4 Å². The Balaban J connectivity index is 2.83. The summed E-state index contributed by atoms with van der Waals surface area (Å²) in [6, 6.07) is 5.75. The Bertz CT molecular complexity index is 485. The zero-order valence-electron chi connectivity index (χ0n) is 8.13. The molecule has 0 saturated carbocycles. The summed E-state index contributed by atoms with van der Waals surface area (Å²) in [5.74, 6) is 0.763. The predicted octanol–water partition coefficient (Wildman–Crippen LogP) is 2.30. The van der Waals surface area contributed by atoms with Crippen LogP contribution >= 0.6 is 0 Å². The third-order valence-corrected chi connectivity index (χ3v) is 2.43. The van der Waals surface area contributed by atoms with Crippen LogP contribution in [0.25, 0.3) is 10.9 Å². The SMILES string of the molecule is COc1cccc2c(C)c(C=O)[nH]c12. The zero-order valence-corrected chi connectivity index (χ0v) is 8.13. The molecule has 0 fully saturated rings. The van der Waals surface area contributed by atoms with Gasteiger partial charge in [0.15, 0.2) is 6.29 Å². The van der Waals surface area contributed by atoms with Crippen molar-refractivity contribution in [3.63, 3.8) is 0 Å².